The molecule has 0 unspecified atom stereocenters. The fourth-order valence-corrected chi connectivity index (χ4v) is 1.41. The highest BCUT2D eigenvalue weighted by Gasteiger charge is 2.09. The van der Waals surface area contributed by atoms with Crippen molar-refractivity contribution in [2.75, 3.05) is 7.11 Å². The Labute approximate surface area is 88.0 Å². The Morgan fingerprint density at radius 3 is 2.53 bits per heavy atom. The molecule has 0 radical (unpaired) electrons. The van der Waals surface area contributed by atoms with Crippen molar-refractivity contribution in [2.24, 2.45) is 0 Å². The van der Waals surface area contributed by atoms with E-state index >= 15 is 0 Å². The van der Waals surface area contributed by atoms with Gasteiger partial charge in [-0.25, -0.2) is 0 Å². The molecule has 3 nitrogen and oxygen atoms in total. The summed E-state index contributed by atoms with van der Waals surface area (Å²) in [5.74, 6) is 0.509. The highest BCUT2D eigenvalue weighted by atomic mass is 16.5. The van der Waals surface area contributed by atoms with Crippen LogP contribution < -0.4 is 4.74 Å². The maximum absolute atomic E-state index is 9.85. The smallest absolute Gasteiger partial charge is 0.184 e. The second-order valence-corrected chi connectivity index (χ2v) is 3.08. The van der Waals surface area contributed by atoms with Crippen LogP contribution in [0.4, 0.5) is 0 Å². The lowest BCUT2D eigenvalue weighted by atomic mass is 10.1. The van der Waals surface area contributed by atoms with Crippen molar-refractivity contribution in [1.82, 2.24) is 4.98 Å². The molecule has 2 aromatic rings. The van der Waals surface area contributed by atoms with Crippen molar-refractivity contribution in [3.05, 3.63) is 42.6 Å². The number of rotatable bonds is 2. The molecule has 1 N–H and O–H groups in total. The molecule has 3 heteroatoms. The lowest BCUT2D eigenvalue weighted by Gasteiger charge is -2.07. The van der Waals surface area contributed by atoms with Crippen LogP contribution in [0.15, 0.2) is 42.6 Å². The van der Waals surface area contributed by atoms with Gasteiger partial charge >= 0.3 is 0 Å². The molecule has 0 aliphatic heterocycles. The van der Waals surface area contributed by atoms with Crippen molar-refractivity contribution in [3.8, 4) is 22.8 Å². The van der Waals surface area contributed by atoms with Gasteiger partial charge in [-0.05, 0) is 0 Å². The van der Waals surface area contributed by atoms with Crippen LogP contribution in [0.5, 0.6) is 11.5 Å². The van der Waals surface area contributed by atoms with E-state index in [1.54, 1.807) is 12.3 Å². The number of ether oxygens (including phenoxy) is 1. The molecular formula is C12H11NO2. The van der Waals surface area contributed by atoms with Crippen molar-refractivity contribution in [1.29, 1.82) is 0 Å². The molecule has 1 aromatic carbocycles. The quantitative estimate of drug-likeness (QED) is 0.811. The Morgan fingerprint density at radius 1 is 1.13 bits per heavy atom. The number of aromatic hydroxyl groups is 1. The van der Waals surface area contributed by atoms with E-state index in [0.717, 1.165) is 5.56 Å². The van der Waals surface area contributed by atoms with Crippen LogP contribution in [0.2, 0.25) is 0 Å². The van der Waals surface area contributed by atoms with Gasteiger partial charge in [0.15, 0.2) is 11.5 Å². The lowest BCUT2D eigenvalue weighted by molar-refractivity contribution is 0.373. The Kier molecular flexibility index (Phi) is 2.54. The number of hydrogen-bond acceptors (Lipinski definition) is 3. The van der Waals surface area contributed by atoms with Crippen molar-refractivity contribution in [3.63, 3.8) is 0 Å². The van der Waals surface area contributed by atoms with Crippen molar-refractivity contribution < 1.29 is 9.84 Å². The van der Waals surface area contributed by atoms with E-state index in [2.05, 4.69) is 4.98 Å². The topological polar surface area (TPSA) is 42.4 Å². The van der Waals surface area contributed by atoms with E-state index in [0.29, 0.717) is 11.4 Å². The molecule has 0 aliphatic rings. The zero-order valence-corrected chi connectivity index (χ0v) is 8.34. The van der Waals surface area contributed by atoms with Gasteiger partial charge in [0.05, 0.1) is 7.11 Å². The summed E-state index contributed by atoms with van der Waals surface area (Å²) in [6, 6.07) is 11.1. The second-order valence-electron chi connectivity index (χ2n) is 3.08. The number of nitrogens with zero attached hydrogens (tertiary/aromatic N) is 1. The zero-order chi connectivity index (χ0) is 10.7. The van der Waals surface area contributed by atoms with E-state index in [9.17, 15) is 5.11 Å². The number of aromatic nitrogens is 1. The molecule has 0 aliphatic carbocycles. The third kappa shape index (κ3) is 1.76. The van der Waals surface area contributed by atoms with Crippen molar-refractivity contribution in [2.45, 2.75) is 0 Å². The molecule has 15 heavy (non-hydrogen) atoms. The molecule has 1 aromatic heterocycles. The molecule has 1 heterocycles. The van der Waals surface area contributed by atoms with E-state index in [4.69, 9.17) is 4.74 Å². The molecule has 0 amide bonds. The van der Waals surface area contributed by atoms with Gasteiger partial charge < -0.3 is 9.84 Å². The first-order valence-electron chi connectivity index (χ1n) is 4.60. The molecule has 0 fully saturated rings. The summed E-state index contributed by atoms with van der Waals surface area (Å²) >= 11 is 0. The SMILES string of the molecule is COc1ccnc(-c2ccccc2)c1O. The summed E-state index contributed by atoms with van der Waals surface area (Å²) in [6.07, 6.45) is 1.61. The normalized spacial score (nSPS) is 9.93. The van der Waals surface area contributed by atoms with Crippen LogP contribution in [0, 0.1) is 0 Å². The fourth-order valence-electron chi connectivity index (χ4n) is 1.41. The summed E-state index contributed by atoms with van der Waals surface area (Å²) in [5.41, 5.74) is 1.41. The van der Waals surface area contributed by atoms with E-state index < -0.39 is 0 Å². The predicted molar refractivity (Wildman–Crippen MR) is 57.9 cm³/mol. The maximum Gasteiger partial charge on any atom is 0.184 e. The van der Waals surface area contributed by atoms with Crippen LogP contribution in [0.3, 0.4) is 0 Å². The average molecular weight is 201 g/mol. The van der Waals surface area contributed by atoms with E-state index in [1.165, 1.54) is 7.11 Å². The largest absolute Gasteiger partial charge is 0.503 e. The monoisotopic (exact) mass is 201 g/mol. The van der Waals surface area contributed by atoms with Gasteiger partial charge in [0.2, 0.25) is 0 Å². The Balaban J connectivity index is 2.54. The summed E-state index contributed by atoms with van der Waals surface area (Å²) in [7, 11) is 1.52. The molecule has 76 valence electrons. The lowest BCUT2D eigenvalue weighted by Crippen LogP contribution is -1.88. The number of pyridine rings is 1. The molecule has 0 saturated carbocycles. The maximum atomic E-state index is 9.85. The fraction of sp³-hybridized carbons (Fsp3) is 0.0833. The summed E-state index contributed by atoms with van der Waals surface area (Å²) in [6.45, 7) is 0. The second kappa shape index (κ2) is 4.00. The molecule has 0 atom stereocenters. The Hall–Kier alpha value is -2.03. The van der Waals surface area contributed by atoms with Gasteiger partial charge in [0.25, 0.3) is 0 Å². The first kappa shape index (κ1) is 9.52. The molecule has 2 rings (SSSR count). The minimum Gasteiger partial charge on any atom is -0.503 e. The third-order valence-corrected chi connectivity index (χ3v) is 2.15. The van der Waals surface area contributed by atoms with Gasteiger partial charge in [0, 0.05) is 17.8 Å². The minimum absolute atomic E-state index is 0.0752. The molecular weight excluding hydrogens is 190 g/mol. The average Bonchev–Trinajstić information content (AvgIpc) is 2.30. The Bertz CT molecular complexity index is 454. The van der Waals surface area contributed by atoms with Crippen LogP contribution in [0.1, 0.15) is 0 Å². The van der Waals surface area contributed by atoms with Gasteiger partial charge in [-0.3, -0.25) is 4.98 Å². The van der Waals surface area contributed by atoms with Gasteiger partial charge in [0.1, 0.15) is 5.69 Å². The van der Waals surface area contributed by atoms with Crippen LogP contribution in [0.25, 0.3) is 11.3 Å². The van der Waals surface area contributed by atoms with Gasteiger partial charge in [-0.1, -0.05) is 30.3 Å². The molecule has 0 spiro atoms. The Morgan fingerprint density at radius 2 is 1.87 bits per heavy atom. The predicted octanol–water partition coefficient (Wildman–Crippen LogP) is 2.46. The highest BCUT2D eigenvalue weighted by Crippen LogP contribution is 2.34. The van der Waals surface area contributed by atoms with E-state index in [1.807, 2.05) is 30.3 Å². The zero-order valence-electron chi connectivity index (χ0n) is 8.34. The number of methoxy groups -OCH3 is 1. The standard InChI is InChI=1S/C12H11NO2/c1-15-10-7-8-13-11(12(10)14)9-5-3-2-4-6-9/h2-8,14H,1H3. The molecule has 0 bridgehead atoms. The van der Waals surface area contributed by atoms with Gasteiger partial charge in [-0.15, -0.1) is 0 Å². The first-order chi connectivity index (χ1) is 7.33. The minimum atomic E-state index is 0.0752. The number of hydrogen-bond donors (Lipinski definition) is 1. The summed E-state index contributed by atoms with van der Waals surface area (Å²) in [5, 5.41) is 9.85. The van der Waals surface area contributed by atoms with Crippen LogP contribution in [-0.4, -0.2) is 17.2 Å². The summed E-state index contributed by atoms with van der Waals surface area (Å²) < 4.78 is 5.02. The van der Waals surface area contributed by atoms with Crippen LogP contribution in [-0.2, 0) is 0 Å². The first-order valence-corrected chi connectivity index (χ1v) is 4.60. The highest BCUT2D eigenvalue weighted by molar-refractivity contribution is 5.68. The molecule has 0 saturated heterocycles. The van der Waals surface area contributed by atoms with Crippen LogP contribution >= 0.6 is 0 Å². The van der Waals surface area contributed by atoms with E-state index in [-0.39, 0.29) is 5.75 Å². The number of benzene rings is 1. The third-order valence-electron chi connectivity index (χ3n) is 2.15. The van der Waals surface area contributed by atoms with Gasteiger partial charge in [-0.2, -0.15) is 0 Å². The van der Waals surface area contributed by atoms with Crippen molar-refractivity contribution >= 4 is 0 Å². The summed E-state index contributed by atoms with van der Waals surface area (Å²) in [4.78, 5) is 4.13.